The third-order valence-electron chi connectivity index (χ3n) is 7.39. The van der Waals surface area contributed by atoms with Crippen molar-refractivity contribution >= 4 is 41.6 Å². The van der Waals surface area contributed by atoms with Gasteiger partial charge in [-0.3, -0.25) is 4.79 Å². The maximum absolute atomic E-state index is 13.5. The summed E-state index contributed by atoms with van der Waals surface area (Å²) in [4.78, 5) is 36.8. The summed E-state index contributed by atoms with van der Waals surface area (Å²) in [7, 11) is 1.99. The molecule has 1 atom stereocenters. The second kappa shape index (κ2) is 10.4. The molecule has 3 aromatic rings. The minimum Gasteiger partial charge on any atom is -0.444 e. The Labute approximate surface area is 229 Å². The molecule has 0 bridgehead atoms. The number of ether oxygens (including phenoxy) is 1. The number of aryl methyl sites for hydroxylation is 1. The maximum Gasteiger partial charge on any atom is 0.407 e. The fourth-order valence-corrected chi connectivity index (χ4v) is 5.31. The first-order valence-corrected chi connectivity index (χ1v) is 13.7. The molecule has 1 N–H and O–H groups in total. The first-order chi connectivity index (χ1) is 18.6. The van der Waals surface area contributed by atoms with E-state index < -0.39 is 11.7 Å². The molecular formula is C30H38N6O3. The van der Waals surface area contributed by atoms with E-state index in [2.05, 4.69) is 38.8 Å². The molecule has 0 spiro atoms. The van der Waals surface area contributed by atoms with Gasteiger partial charge in [0.1, 0.15) is 11.4 Å². The normalized spacial score (nSPS) is 17.7. The SMILES string of the molecule is C=Cc1cc(-c2nc3cc(C(=O)N4CCCC(NC(=O)OC(C)(C)C)C4)ccc3n2C)n(CC2CC2)c1N=C. The lowest BCUT2D eigenvalue weighted by Crippen LogP contribution is -2.50. The first kappa shape index (κ1) is 26.7. The summed E-state index contributed by atoms with van der Waals surface area (Å²) in [6, 6.07) is 7.60. The largest absolute Gasteiger partial charge is 0.444 e. The van der Waals surface area contributed by atoms with E-state index in [-0.39, 0.29) is 11.9 Å². The number of hydrogen-bond acceptors (Lipinski definition) is 5. The van der Waals surface area contributed by atoms with Crippen LogP contribution in [0.25, 0.3) is 28.6 Å². The molecular weight excluding hydrogens is 492 g/mol. The van der Waals surface area contributed by atoms with E-state index in [1.807, 2.05) is 46.0 Å². The predicted octanol–water partition coefficient (Wildman–Crippen LogP) is 5.56. The molecule has 3 heterocycles. The highest BCUT2D eigenvalue weighted by molar-refractivity contribution is 5.98. The second-order valence-electron chi connectivity index (χ2n) is 11.7. The molecule has 1 aliphatic carbocycles. The average molecular weight is 531 g/mol. The lowest BCUT2D eigenvalue weighted by Gasteiger charge is -2.33. The van der Waals surface area contributed by atoms with Gasteiger partial charge in [-0.2, -0.15) is 0 Å². The molecule has 1 unspecified atom stereocenters. The van der Waals surface area contributed by atoms with E-state index in [0.29, 0.717) is 24.6 Å². The summed E-state index contributed by atoms with van der Waals surface area (Å²) < 4.78 is 9.65. The van der Waals surface area contributed by atoms with E-state index in [1.54, 1.807) is 11.0 Å². The van der Waals surface area contributed by atoms with Gasteiger partial charge in [-0.15, -0.1) is 0 Å². The number of nitrogens with zero attached hydrogens (tertiary/aromatic N) is 5. The van der Waals surface area contributed by atoms with Gasteiger partial charge in [0.05, 0.1) is 16.7 Å². The number of rotatable bonds is 7. The van der Waals surface area contributed by atoms with Crippen LogP contribution in [0.3, 0.4) is 0 Å². The molecule has 9 heteroatoms. The molecule has 1 aliphatic heterocycles. The summed E-state index contributed by atoms with van der Waals surface area (Å²) in [5.41, 5.74) is 3.62. The monoisotopic (exact) mass is 530 g/mol. The van der Waals surface area contributed by atoms with Crippen LogP contribution >= 0.6 is 0 Å². The number of carbonyl (C=O) groups is 2. The van der Waals surface area contributed by atoms with Gasteiger partial charge in [0.2, 0.25) is 0 Å². The maximum atomic E-state index is 13.5. The van der Waals surface area contributed by atoms with Crippen LogP contribution in [0.2, 0.25) is 0 Å². The van der Waals surface area contributed by atoms with Crippen molar-refractivity contribution in [2.75, 3.05) is 13.1 Å². The third kappa shape index (κ3) is 5.62. The van der Waals surface area contributed by atoms with Gasteiger partial charge in [0.25, 0.3) is 5.91 Å². The number of nitrogens with one attached hydrogen (secondary N) is 1. The van der Waals surface area contributed by atoms with Crippen molar-refractivity contribution in [3.63, 3.8) is 0 Å². The number of fused-ring (bicyclic) bond motifs is 1. The van der Waals surface area contributed by atoms with Gasteiger partial charge in [0, 0.05) is 43.9 Å². The molecule has 1 saturated heterocycles. The highest BCUT2D eigenvalue weighted by Gasteiger charge is 2.29. The van der Waals surface area contributed by atoms with Crippen molar-refractivity contribution in [2.45, 2.75) is 64.6 Å². The number of piperidine rings is 1. The molecule has 1 saturated carbocycles. The molecule has 39 heavy (non-hydrogen) atoms. The van der Waals surface area contributed by atoms with E-state index in [9.17, 15) is 9.59 Å². The number of carbonyl (C=O) groups excluding carboxylic acids is 2. The van der Waals surface area contributed by atoms with Crippen LogP contribution in [0.15, 0.2) is 35.8 Å². The molecule has 9 nitrogen and oxygen atoms in total. The molecule has 206 valence electrons. The zero-order valence-corrected chi connectivity index (χ0v) is 23.4. The van der Waals surface area contributed by atoms with E-state index in [1.165, 1.54) is 12.8 Å². The Balaban J connectivity index is 1.39. The number of aromatic nitrogens is 3. The number of likely N-dealkylation sites (tertiary alicyclic amines) is 1. The zero-order chi connectivity index (χ0) is 27.9. The highest BCUT2D eigenvalue weighted by Crippen LogP contribution is 2.38. The van der Waals surface area contributed by atoms with E-state index in [4.69, 9.17) is 9.72 Å². The van der Waals surface area contributed by atoms with Gasteiger partial charge in [-0.25, -0.2) is 14.8 Å². The first-order valence-electron chi connectivity index (χ1n) is 13.7. The third-order valence-corrected chi connectivity index (χ3v) is 7.39. The van der Waals surface area contributed by atoms with Crippen molar-refractivity contribution in [1.29, 1.82) is 0 Å². The number of aliphatic imine (C=N–C) groups is 1. The summed E-state index contributed by atoms with van der Waals surface area (Å²) in [5, 5.41) is 2.92. The predicted molar refractivity (Wildman–Crippen MR) is 154 cm³/mol. The fourth-order valence-electron chi connectivity index (χ4n) is 5.31. The Morgan fingerprint density at radius 2 is 2.00 bits per heavy atom. The Bertz CT molecular complexity index is 1440. The second-order valence-corrected chi connectivity index (χ2v) is 11.7. The highest BCUT2D eigenvalue weighted by atomic mass is 16.6. The lowest BCUT2D eigenvalue weighted by molar-refractivity contribution is 0.0452. The Morgan fingerprint density at radius 3 is 2.67 bits per heavy atom. The van der Waals surface area contributed by atoms with Crippen molar-refractivity contribution < 1.29 is 14.3 Å². The van der Waals surface area contributed by atoms with Gasteiger partial charge >= 0.3 is 6.09 Å². The van der Waals surface area contributed by atoms with Gasteiger partial charge in [0.15, 0.2) is 5.82 Å². The van der Waals surface area contributed by atoms with Crippen LogP contribution in [0, 0.1) is 5.92 Å². The topological polar surface area (TPSA) is 93.8 Å². The van der Waals surface area contributed by atoms with Crippen LogP contribution in [0.5, 0.6) is 0 Å². The summed E-state index contributed by atoms with van der Waals surface area (Å²) in [6.45, 7) is 15.2. The Hall–Kier alpha value is -3.88. The number of hydrogen-bond donors (Lipinski definition) is 1. The van der Waals surface area contributed by atoms with Crippen molar-refractivity contribution in [3.8, 4) is 11.5 Å². The van der Waals surface area contributed by atoms with Crippen molar-refractivity contribution in [3.05, 3.63) is 42.0 Å². The molecule has 5 rings (SSSR count). The Kier molecular flexibility index (Phi) is 7.09. The quantitative estimate of drug-likeness (QED) is 0.405. The standard InChI is InChI=1S/C30H38N6O3/c1-7-20-16-25(36(26(20)31-5)17-19-10-11-19)27-33-23-15-21(12-13-24(23)34(27)6)28(37)35-14-8-9-22(18-35)32-29(38)39-30(2,3)4/h7,12-13,15-16,19,22H,1,5,8-11,14,17-18H2,2-4,6H3,(H,32,38). The minimum absolute atomic E-state index is 0.0658. The average Bonchev–Trinajstić information content (AvgIpc) is 3.56. The van der Waals surface area contributed by atoms with Gasteiger partial charge < -0.3 is 24.1 Å². The zero-order valence-electron chi connectivity index (χ0n) is 23.4. The van der Waals surface area contributed by atoms with Crippen LogP contribution < -0.4 is 5.32 Å². The molecule has 2 aromatic heterocycles. The lowest BCUT2D eigenvalue weighted by atomic mass is 10.0. The smallest absolute Gasteiger partial charge is 0.407 e. The molecule has 2 aliphatic rings. The van der Waals surface area contributed by atoms with E-state index >= 15 is 0 Å². The van der Waals surface area contributed by atoms with Crippen molar-refractivity contribution in [2.24, 2.45) is 18.0 Å². The van der Waals surface area contributed by atoms with Crippen LogP contribution in [0.1, 0.15) is 62.4 Å². The molecule has 0 radical (unpaired) electrons. The van der Waals surface area contributed by atoms with Gasteiger partial charge in [-0.1, -0.05) is 12.7 Å². The molecule has 2 fully saturated rings. The molecule has 2 amide bonds. The Morgan fingerprint density at radius 1 is 1.23 bits per heavy atom. The van der Waals surface area contributed by atoms with Crippen LogP contribution in [-0.2, 0) is 18.3 Å². The summed E-state index contributed by atoms with van der Waals surface area (Å²) >= 11 is 0. The van der Waals surface area contributed by atoms with Crippen molar-refractivity contribution in [1.82, 2.24) is 24.3 Å². The minimum atomic E-state index is -0.568. The van der Waals surface area contributed by atoms with Gasteiger partial charge in [-0.05, 0) is 83.4 Å². The molecule has 1 aromatic carbocycles. The number of imidazole rings is 1. The van der Waals surface area contributed by atoms with E-state index in [0.717, 1.165) is 53.3 Å². The van der Waals surface area contributed by atoms with Crippen LogP contribution in [0.4, 0.5) is 10.6 Å². The summed E-state index contributed by atoms with van der Waals surface area (Å²) in [6.07, 6.45) is 5.41. The summed E-state index contributed by atoms with van der Waals surface area (Å²) in [5.74, 6) is 2.21. The fraction of sp³-hybridized carbons (Fsp3) is 0.467. The number of alkyl carbamates (subject to hydrolysis) is 1. The number of benzene rings is 1. The number of amides is 2. The van der Waals surface area contributed by atoms with Crippen LogP contribution in [-0.4, -0.2) is 62.5 Å².